The molecule has 2 amide bonds. The molecular weight excluding hydrogens is 417 g/mol. The minimum atomic E-state index is -4.65. The Kier molecular flexibility index (Phi) is 6.18. The van der Waals surface area contributed by atoms with E-state index in [1.165, 1.54) is 23.1 Å². The van der Waals surface area contributed by atoms with E-state index < -0.39 is 23.9 Å². The lowest BCUT2D eigenvalue weighted by atomic mass is 10.2. The summed E-state index contributed by atoms with van der Waals surface area (Å²) < 4.78 is 48.1. The molecule has 2 aromatic rings. The monoisotopic (exact) mass is 430 g/mol. The number of aromatic nitrogens is 2. The Balaban J connectivity index is 1.75. The summed E-state index contributed by atoms with van der Waals surface area (Å²) in [7, 11) is 0. The van der Waals surface area contributed by atoms with Crippen LogP contribution in [-0.2, 0) is 10.9 Å². The molecule has 3 rings (SSSR count). The first-order chi connectivity index (χ1) is 13.7. The van der Waals surface area contributed by atoms with Gasteiger partial charge in [-0.1, -0.05) is 11.6 Å². The van der Waals surface area contributed by atoms with Gasteiger partial charge in [0.15, 0.2) is 11.5 Å². The number of ether oxygens (including phenoxy) is 2. The smallest absolute Gasteiger partial charge is 0.409 e. The molecule has 8 nitrogen and oxygen atoms in total. The molecule has 1 aromatic carbocycles. The molecule has 0 atom stereocenters. The summed E-state index contributed by atoms with van der Waals surface area (Å²) in [5, 5.41) is 2.49. The van der Waals surface area contributed by atoms with Crippen molar-refractivity contribution in [2.75, 3.05) is 31.6 Å². The molecule has 1 fully saturated rings. The number of nitrogens with zero attached hydrogens (tertiary/aromatic N) is 3. The summed E-state index contributed by atoms with van der Waals surface area (Å²) in [4.78, 5) is 33.0. The van der Waals surface area contributed by atoms with Gasteiger partial charge in [0.2, 0.25) is 0 Å². The van der Waals surface area contributed by atoms with Gasteiger partial charge < -0.3 is 19.7 Å². The molecule has 0 aliphatic carbocycles. The maximum Gasteiger partial charge on any atom is 0.434 e. The van der Waals surface area contributed by atoms with E-state index in [1.54, 1.807) is 0 Å². The van der Waals surface area contributed by atoms with Gasteiger partial charge in [-0.2, -0.15) is 13.2 Å². The lowest BCUT2D eigenvalue weighted by Gasteiger charge is -2.26. The minimum absolute atomic E-state index is 0.0664. The van der Waals surface area contributed by atoms with E-state index in [1.807, 2.05) is 0 Å². The molecule has 154 valence electrons. The summed E-state index contributed by atoms with van der Waals surface area (Å²) >= 11 is 5.92. The fraction of sp³-hybridized carbons (Fsp3) is 0.294. The lowest BCUT2D eigenvalue weighted by Crippen LogP contribution is -2.42. The van der Waals surface area contributed by atoms with E-state index in [4.69, 9.17) is 21.1 Å². The standard InChI is InChI=1S/C17H14ClF3N4O4/c18-10-1-2-12(29-16(27)25-3-5-28-6-4-25)11(7-10)15(26)24-14-9-22-13(8-23-14)17(19,20)21/h1-2,7-9H,3-6H2,(H,23,24,26). The summed E-state index contributed by atoms with van der Waals surface area (Å²) in [6.45, 7) is 1.43. The van der Waals surface area contributed by atoms with Gasteiger partial charge in [-0.05, 0) is 18.2 Å². The van der Waals surface area contributed by atoms with Crippen molar-refractivity contribution in [1.82, 2.24) is 14.9 Å². The third kappa shape index (κ3) is 5.33. The molecule has 0 unspecified atom stereocenters. The highest BCUT2D eigenvalue weighted by molar-refractivity contribution is 6.31. The van der Waals surface area contributed by atoms with Gasteiger partial charge >= 0.3 is 12.3 Å². The second-order valence-electron chi connectivity index (χ2n) is 5.85. The Hall–Kier alpha value is -2.92. The Morgan fingerprint density at radius 2 is 1.90 bits per heavy atom. The van der Waals surface area contributed by atoms with E-state index in [-0.39, 0.29) is 22.2 Å². The van der Waals surface area contributed by atoms with Crippen LogP contribution in [0.15, 0.2) is 30.6 Å². The van der Waals surface area contributed by atoms with E-state index in [9.17, 15) is 22.8 Å². The first kappa shape index (κ1) is 20.8. The third-order valence-corrected chi connectivity index (χ3v) is 4.07. The number of carbonyl (C=O) groups is 2. The number of hydrogen-bond acceptors (Lipinski definition) is 6. The van der Waals surface area contributed by atoms with Crippen molar-refractivity contribution >= 4 is 29.4 Å². The van der Waals surface area contributed by atoms with Crippen molar-refractivity contribution in [2.45, 2.75) is 6.18 Å². The highest BCUT2D eigenvalue weighted by atomic mass is 35.5. The molecule has 2 heterocycles. The highest BCUT2D eigenvalue weighted by Crippen LogP contribution is 2.28. The number of halogens is 4. The molecule has 0 radical (unpaired) electrons. The predicted octanol–water partition coefficient (Wildman–Crippen LogP) is 3.23. The zero-order valence-electron chi connectivity index (χ0n) is 14.7. The number of morpholine rings is 1. The van der Waals surface area contributed by atoms with Crippen LogP contribution in [0.1, 0.15) is 16.1 Å². The summed E-state index contributed by atoms with van der Waals surface area (Å²) in [6.07, 6.45) is -4.06. The molecule has 1 N–H and O–H groups in total. The number of hydrogen-bond donors (Lipinski definition) is 1. The van der Waals surface area contributed by atoms with Crippen molar-refractivity contribution in [3.05, 3.63) is 46.9 Å². The van der Waals surface area contributed by atoms with E-state index >= 15 is 0 Å². The second-order valence-corrected chi connectivity index (χ2v) is 6.28. The molecule has 0 spiro atoms. The molecule has 1 aliphatic heterocycles. The van der Waals surface area contributed by atoms with Gasteiger partial charge in [0.1, 0.15) is 5.75 Å². The van der Waals surface area contributed by atoms with Crippen LogP contribution >= 0.6 is 11.6 Å². The summed E-state index contributed by atoms with van der Waals surface area (Å²) in [5.74, 6) is -1.07. The maximum atomic E-state index is 12.6. The molecule has 1 aliphatic rings. The number of nitrogens with one attached hydrogen (secondary N) is 1. The highest BCUT2D eigenvalue weighted by Gasteiger charge is 2.32. The summed E-state index contributed by atoms with van der Waals surface area (Å²) in [6, 6.07) is 4.03. The average molecular weight is 431 g/mol. The molecule has 29 heavy (non-hydrogen) atoms. The normalized spacial score (nSPS) is 14.4. The van der Waals surface area contributed by atoms with Gasteiger partial charge in [-0.15, -0.1) is 0 Å². The molecule has 1 aromatic heterocycles. The van der Waals surface area contributed by atoms with Gasteiger partial charge in [0, 0.05) is 18.1 Å². The van der Waals surface area contributed by atoms with Crippen LogP contribution in [0.4, 0.5) is 23.8 Å². The van der Waals surface area contributed by atoms with Crippen molar-refractivity contribution in [2.24, 2.45) is 0 Å². The minimum Gasteiger partial charge on any atom is -0.409 e. The van der Waals surface area contributed by atoms with Crippen LogP contribution in [0.25, 0.3) is 0 Å². The topological polar surface area (TPSA) is 93.7 Å². The van der Waals surface area contributed by atoms with E-state index in [0.717, 1.165) is 6.20 Å². The number of carbonyl (C=O) groups excluding carboxylic acids is 2. The van der Waals surface area contributed by atoms with Crippen LogP contribution in [0.2, 0.25) is 5.02 Å². The van der Waals surface area contributed by atoms with Crippen molar-refractivity contribution < 1.29 is 32.2 Å². The first-order valence-electron chi connectivity index (χ1n) is 8.28. The fourth-order valence-electron chi connectivity index (χ4n) is 2.40. The lowest BCUT2D eigenvalue weighted by molar-refractivity contribution is -0.141. The Morgan fingerprint density at radius 1 is 1.17 bits per heavy atom. The molecule has 1 saturated heterocycles. The van der Waals surface area contributed by atoms with Gasteiger partial charge in [0.25, 0.3) is 5.91 Å². The van der Waals surface area contributed by atoms with Crippen LogP contribution in [0, 0.1) is 0 Å². The summed E-state index contributed by atoms with van der Waals surface area (Å²) in [5.41, 5.74) is -1.29. The van der Waals surface area contributed by atoms with E-state index in [2.05, 4.69) is 15.3 Å². The van der Waals surface area contributed by atoms with Crippen molar-refractivity contribution in [3.63, 3.8) is 0 Å². The predicted molar refractivity (Wildman–Crippen MR) is 94.9 cm³/mol. The quantitative estimate of drug-likeness (QED) is 0.803. The average Bonchev–Trinajstić information content (AvgIpc) is 2.69. The third-order valence-electron chi connectivity index (χ3n) is 3.84. The van der Waals surface area contributed by atoms with Gasteiger partial charge in [-0.3, -0.25) is 4.79 Å². The maximum absolute atomic E-state index is 12.6. The SMILES string of the molecule is O=C(Nc1cnc(C(F)(F)F)cn1)c1cc(Cl)ccc1OC(=O)N1CCOCC1. The first-order valence-corrected chi connectivity index (χ1v) is 8.66. The zero-order valence-corrected chi connectivity index (χ0v) is 15.5. The molecular formula is C17H14ClF3N4O4. The Morgan fingerprint density at radius 3 is 2.52 bits per heavy atom. The largest absolute Gasteiger partial charge is 0.434 e. The number of benzene rings is 1. The number of anilines is 1. The van der Waals surface area contributed by atoms with E-state index in [0.29, 0.717) is 32.5 Å². The molecule has 12 heteroatoms. The number of rotatable bonds is 3. The van der Waals surface area contributed by atoms with Gasteiger partial charge in [0.05, 0.1) is 31.2 Å². The van der Waals surface area contributed by atoms with Crippen LogP contribution in [-0.4, -0.2) is 53.2 Å². The second kappa shape index (κ2) is 8.62. The van der Waals surface area contributed by atoms with Gasteiger partial charge in [-0.25, -0.2) is 14.8 Å². The van der Waals surface area contributed by atoms with Crippen LogP contribution < -0.4 is 10.1 Å². The fourth-order valence-corrected chi connectivity index (χ4v) is 2.57. The van der Waals surface area contributed by atoms with Crippen molar-refractivity contribution in [1.29, 1.82) is 0 Å². The molecule has 0 saturated carbocycles. The van der Waals surface area contributed by atoms with Crippen LogP contribution in [0.3, 0.4) is 0 Å². The Bertz CT molecular complexity index is 903. The molecule has 0 bridgehead atoms. The Labute approximate surface area is 167 Å². The number of amides is 2. The zero-order chi connectivity index (χ0) is 21.0. The number of alkyl halides is 3. The van der Waals surface area contributed by atoms with Crippen molar-refractivity contribution in [3.8, 4) is 5.75 Å². The van der Waals surface area contributed by atoms with Crippen LogP contribution in [0.5, 0.6) is 5.75 Å².